The molecule has 3 atom stereocenters. The Hall–Kier alpha value is -1.85. The second-order valence-electron chi connectivity index (χ2n) is 6.47. The summed E-state index contributed by atoms with van der Waals surface area (Å²) in [5.74, 6) is -1.92. The first-order chi connectivity index (χ1) is 9.29. The van der Waals surface area contributed by atoms with Crippen LogP contribution in [-0.2, 0) is 16.1 Å². The Bertz CT molecular complexity index is 490. The number of hydrogen-bond acceptors (Lipinski definition) is 3. The number of carbonyl (C=O) groups excluding carboxylic acids is 1. The second kappa shape index (κ2) is 5.26. The van der Waals surface area contributed by atoms with Crippen molar-refractivity contribution in [3.05, 3.63) is 18.7 Å². The molecule has 0 bridgehead atoms. The van der Waals surface area contributed by atoms with Gasteiger partial charge in [0, 0.05) is 18.9 Å². The van der Waals surface area contributed by atoms with Crippen LogP contribution in [0.3, 0.4) is 0 Å². The molecule has 1 aromatic rings. The first kappa shape index (κ1) is 14.6. The van der Waals surface area contributed by atoms with Crippen LogP contribution in [0.4, 0.5) is 0 Å². The van der Waals surface area contributed by atoms with Gasteiger partial charge in [0.1, 0.15) is 0 Å². The van der Waals surface area contributed by atoms with Crippen LogP contribution in [-0.4, -0.2) is 32.6 Å². The van der Waals surface area contributed by atoms with E-state index in [1.54, 1.807) is 12.5 Å². The van der Waals surface area contributed by atoms with Crippen LogP contribution in [0.25, 0.3) is 0 Å². The Morgan fingerprint density at radius 2 is 2.15 bits per heavy atom. The topological polar surface area (TPSA) is 84.2 Å². The van der Waals surface area contributed by atoms with E-state index in [-0.39, 0.29) is 23.3 Å². The molecule has 0 saturated heterocycles. The molecule has 2 N–H and O–H groups in total. The van der Waals surface area contributed by atoms with Gasteiger partial charge in [-0.15, -0.1) is 0 Å². The second-order valence-corrected chi connectivity index (χ2v) is 6.47. The van der Waals surface area contributed by atoms with E-state index in [0.717, 1.165) is 0 Å². The van der Waals surface area contributed by atoms with Crippen LogP contribution in [0, 0.1) is 17.3 Å². The highest BCUT2D eigenvalue weighted by molar-refractivity contribution is 5.89. The van der Waals surface area contributed by atoms with Gasteiger partial charge >= 0.3 is 5.97 Å². The highest BCUT2D eigenvalue weighted by Crippen LogP contribution is 2.39. The summed E-state index contributed by atoms with van der Waals surface area (Å²) in [5.41, 5.74) is -0.118. The standard InChI is InChI=1S/C14H21N3O3/c1-14(2,3)11(7-17-5-4-15-8-17)16-12(18)9-6-10(9)13(19)20/h4-5,8-11H,6-7H2,1-3H3,(H,16,18)(H,19,20)/t9-,10+,11?/m1/s1. The monoisotopic (exact) mass is 279 g/mol. The van der Waals surface area contributed by atoms with Gasteiger partial charge in [-0.25, -0.2) is 4.98 Å². The van der Waals surface area contributed by atoms with E-state index < -0.39 is 11.9 Å². The van der Waals surface area contributed by atoms with Crippen molar-refractivity contribution in [1.82, 2.24) is 14.9 Å². The van der Waals surface area contributed by atoms with Crippen LogP contribution in [0.15, 0.2) is 18.7 Å². The number of carboxylic acid groups (broad SMARTS) is 1. The summed E-state index contributed by atoms with van der Waals surface area (Å²) in [7, 11) is 0. The van der Waals surface area contributed by atoms with Gasteiger partial charge < -0.3 is 15.0 Å². The molecule has 110 valence electrons. The summed E-state index contributed by atoms with van der Waals surface area (Å²) in [6, 6.07) is -0.0701. The first-order valence-corrected chi connectivity index (χ1v) is 6.78. The van der Waals surface area contributed by atoms with Gasteiger partial charge in [-0.05, 0) is 11.8 Å². The average molecular weight is 279 g/mol. The largest absolute Gasteiger partial charge is 0.481 e. The van der Waals surface area contributed by atoms with Gasteiger partial charge in [-0.2, -0.15) is 0 Å². The van der Waals surface area contributed by atoms with Gasteiger partial charge in [0.15, 0.2) is 0 Å². The van der Waals surface area contributed by atoms with Crippen LogP contribution in [0.1, 0.15) is 27.2 Å². The lowest BCUT2D eigenvalue weighted by Crippen LogP contribution is -2.47. The van der Waals surface area contributed by atoms with Gasteiger partial charge in [0.25, 0.3) is 0 Å². The molecule has 1 aliphatic carbocycles. The minimum absolute atomic E-state index is 0.0701. The molecular weight excluding hydrogens is 258 g/mol. The van der Waals surface area contributed by atoms with Crippen molar-refractivity contribution in [1.29, 1.82) is 0 Å². The fourth-order valence-corrected chi connectivity index (χ4v) is 2.18. The van der Waals surface area contributed by atoms with Crippen LogP contribution < -0.4 is 5.32 Å². The molecule has 6 heteroatoms. The summed E-state index contributed by atoms with van der Waals surface area (Å²) >= 11 is 0. The number of nitrogens with zero attached hydrogens (tertiary/aromatic N) is 2. The minimum Gasteiger partial charge on any atom is -0.481 e. The molecule has 0 aliphatic heterocycles. The Kier molecular flexibility index (Phi) is 3.83. The number of nitrogens with one attached hydrogen (secondary N) is 1. The minimum atomic E-state index is -0.882. The molecule has 1 heterocycles. The van der Waals surface area contributed by atoms with E-state index in [0.29, 0.717) is 13.0 Å². The smallest absolute Gasteiger partial charge is 0.307 e. The van der Waals surface area contributed by atoms with E-state index in [9.17, 15) is 9.59 Å². The Morgan fingerprint density at radius 3 is 2.60 bits per heavy atom. The van der Waals surface area contributed by atoms with Gasteiger partial charge in [-0.3, -0.25) is 9.59 Å². The van der Waals surface area contributed by atoms with E-state index in [1.165, 1.54) is 0 Å². The van der Waals surface area contributed by atoms with Crippen molar-refractivity contribution in [3.8, 4) is 0 Å². The lowest BCUT2D eigenvalue weighted by atomic mass is 9.86. The third kappa shape index (κ3) is 3.37. The summed E-state index contributed by atoms with van der Waals surface area (Å²) in [6.45, 7) is 6.78. The Balaban J connectivity index is 1.98. The number of carbonyl (C=O) groups is 2. The zero-order valence-corrected chi connectivity index (χ0v) is 12.0. The summed E-state index contributed by atoms with van der Waals surface area (Å²) in [6.07, 6.45) is 5.70. The van der Waals surface area contributed by atoms with Crippen molar-refractivity contribution in [3.63, 3.8) is 0 Å². The Labute approximate surface area is 118 Å². The highest BCUT2D eigenvalue weighted by atomic mass is 16.4. The molecule has 1 saturated carbocycles. The van der Waals surface area contributed by atoms with E-state index in [2.05, 4.69) is 31.1 Å². The third-order valence-corrected chi connectivity index (χ3v) is 3.76. The molecule has 1 amide bonds. The predicted octanol–water partition coefficient (Wildman–Crippen LogP) is 1.13. The SMILES string of the molecule is CC(C)(C)C(Cn1ccnc1)NC(=O)[C@@H]1C[C@@H]1C(=O)O. The van der Waals surface area contributed by atoms with Crippen molar-refractivity contribution >= 4 is 11.9 Å². The lowest BCUT2D eigenvalue weighted by molar-refractivity contribution is -0.140. The number of hydrogen-bond donors (Lipinski definition) is 2. The zero-order valence-electron chi connectivity index (χ0n) is 12.0. The molecule has 0 aromatic carbocycles. The van der Waals surface area contributed by atoms with Gasteiger partial charge in [0.05, 0.1) is 24.2 Å². The fourth-order valence-electron chi connectivity index (χ4n) is 2.18. The number of aromatic nitrogens is 2. The highest BCUT2D eigenvalue weighted by Gasteiger charge is 2.49. The molecule has 20 heavy (non-hydrogen) atoms. The van der Waals surface area contributed by atoms with Gasteiger partial charge in [0.2, 0.25) is 5.91 Å². The molecular formula is C14H21N3O3. The Morgan fingerprint density at radius 1 is 1.45 bits per heavy atom. The molecule has 0 radical (unpaired) electrons. The van der Waals surface area contributed by atoms with Crippen LogP contribution in [0.5, 0.6) is 0 Å². The van der Waals surface area contributed by atoms with Crippen molar-refractivity contribution in [2.75, 3.05) is 0 Å². The number of amides is 1. The van der Waals surface area contributed by atoms with Crippen molar-refractivity contribution in [2.24, 2.45) is 17.3 Å². The third-order valence-electron chi connectivity index (χ3n) is 3.76. The van der Waals surface area contributed by atoms with Gasteiger partial charge in [-0.1, -0.05) is 20.8 Å². The van der Waals surface area contributed by atoms with Crippen LogP contribution >= 0.6 is 0 Å². The lowest BCUT2D eigenvalue weighted by Gasteiger charge is -2.32. The molecule has 0 spiro atoms. The van der Waals surface area contributed by atoms with Crippen LogP contribution in [0.2, 0.25) is 0 Å². The normalized spacial score (nSPS) is 23.1. The summed E-state index contributed by atoms with van der Waals surface area (Å²) in [4.78, 5) is 26.9. The quantitative estimate of drug-likeness (QED) is 0.846. The maximum absolute atomic E-state index is 12.1. The molecule has 1 unspecified atom stereocenters. The zero-order chi connectivity index (χ0) is 14.9. The van der Waals surface area contributed by atoms with Crippen molar-refractivity contribution < 1.29 is 14.7 Å². The van der Waals surface area contributed by atoms with E-state index in [4.69, 9.17) is 5.11 Å². The number of aliphatic carboxylic acids is 1. The van der Waals surface area contributed by atoms with E-state index >= 15 is 0 Å². The molecule has 2 rings (SSSR count). The van der Waals surface area contributed by atoms with Crippen molar-refractivity contribution in [2.45, 2.75) is 39.8 Å². The van der Waals surface area contributed by atoms with E-state index in [1.807, 2.05) is 10.8 Å². The number of rotatable bonds is 5. The first-order valence-electron chi connectivity index (χ1n) is 6.78. The maximum Gasteiger partial charge on any atom is 0.307 e. The molecule has 1 aliphatic rings. The average Bonchev–Trinajstić information content (AvgIpc) is 2.99. The number of carboxylic acids is 1. The molecule has 6 nitrogen and oxygen atoms in total. The summed E-state index contributed by atoms with van der Waals surface area (Å²) in [5, 5.41) is 11.9. The number of imidazole rings is 1. The molecule has 1 aromatic heterocycles. The summed E-state index contributed by atoms with van der Waals surface area (Å²) < 4.78 is 1.91. The fraction of sp³-hybridized carbons (Fsp3) is 0.643. The molecule has 1 fully saturated rings. The predicted molar refractivity (Wildman–Crippen MR) is 72.8 cm³/mol. The maximum atomic E-state index is 12.1.